The van der Waals surface area contributed by atoms with E-state index in [1.807, 2.05) is 13.8 Å². The molecule has 14 heavy (non-hydrogen) atoms. The van der Waals surface area contributed by atoms with Gasteiger partial charge in [0.15, 0.2) is 0 Å². The number of nitrogens with one attached hydrogen (secondary N) is 1. The summed E-state index contributed by atoms with van der Waals surface area (Å²) in [6.45, 7) is 7.34. The zero-order valence-corrected chi connectivity index (χ0v) is 9.64. The van der Waals surface area contributed by atoms with Crippen LogP contribution in [0.1, 0.15) is 46.5 Å². The molecule has 1 N–H and O–H groups in total. The van der Waals surface area contributed by atoms with Crippen molar-refractivity contribution in [1.29, 1.82) is 0 Å². The molecule has 1 aliphatic heterocycles. The maximum Gasteiger partial charge on any atom is 0.0332 e. The van der Waals surface area contributed by atoms with Crippen molar-refractivity contribution in [2.45, 2.75) is 52.5 Å². The molecule has 1 aliphatic rings. The molecular weight excluding hydrogens is 172 g/mol. The topological polar surface area (TPSA) is 24.4 Å². The zero-order chi connectivity index (χ0) is 10.4. The molecule has 0 aromatic heterocycles. The van der Waals surface area contributed by atoms with Gasteiger partial charge in [0.25, 0.3) is 0 Å². The van der Waals surface area contributed by atoms with E-state index in [1.54, 1.807) is 0 Å². The Hall–Kier alpha value is -0.630. The first-order valence-electron chi connectivity index (χ1n) is 5.60. The molecule has 2 heteroatoms. The zero-order valence-electron chi connectivity index (χ0n) is 9.64. The fourth-order valence-electron chi connectivity index (χ4n) is 1.84. The minimum absolute atomic E-state index is 0.686. The van der Waals surface area contributed by atoms with E-state index in [1.165, 1.54) is 25.8 Å². The number of hydrogen-bond donors (Lipinski definition) is 1. The summed E-state index contributed by atoms with van der Waals surface area (Å²) < 4.78 is 0. The van der Waals surface area contributed by atoms with Crippen molar-refractivity contribution in [1.82, 2.24) is 5.32 Å². The summed E-state index contributed by atoms with van der Waals surface area (Å²) in [6, 6.07) is 0.686. The smallest absolute Gasteiger partial charge is 0.0332 e. The summed E-state index contributed by atoms with van der Waals surface area (Å²) >= 11 is 0. The number of rotatable bonds is 3. The molecule has 1 fully saturated rings. The molecule has 0 spiro atoms. The van der Waals surface area contributed by atoms with Crippen LogP contribution < -0.4 is 5.32 Å². The molecule has 1 rings (SSSR count). The van der Waals surface area contributed by atoms with Crippen LogP contribution in [0.3, 0.4) is 0 Å². The SMILES string of the molecule is CC(C)=N/C(C)=C/CC1CCCCN1. The summed E-state index contributed by atoms with van der Waals surface area (Å²) in [5.41, 5.74) is 2.28. The lowest BCUT2D eigenvalue weighted by Gasteiger charge is -2.22. The van der Waals surface area contributed by atoms with Crippen LogP contribution in [-0.2, 0) is 0 Å². The molecule has 0 aromatic carbocycles. The van der Waals surface area contributed by atoms with E-state index >= 15 is 0 Å². The third-order valence-electron chi connectivity index (χ3n) is 2.51. The molecule has 1 saturated heterocycles. The number of aliphatic imine (C=N–C) groups is 1. The van der Waals surface area contributed by atoms with Crippen LogP contribution in [0.15, 0.2) is 16.8 Å². The van der Waals surface area contributed by atoms with Gasteiger partial charge in [-0.3, -0.25) is 4.99 Å². The quantitative estimate of drug-likeness (QED) is 0.686. The fraction of sp³-hybridized carbons (Fsp3) is 0.750. The highest BCUT2D eigenvalue weighted by Gasteiger charge is 2.10. The van der Waals surface area contributed by atoms with Crippen LogP contribution in [0.5, 0.6) is 0 Å². The van der Waals surface area contributed by atoms with Gasteiger partial charge in [0, 0.05) is 17.5 Å². The average Bonchev–Trinajstić information content (AvgIpc) is 2.15. The van der Waals surface area contributed by atoms with Crippen molar-refractivity contribution in [3.05, 3.63) is 11.8 Å². The molecule has 0 radical (unpaired) electrons. The van der Waals surface area contributed by atoms with Crippen LogP contribution in [-0.4, -0.2) is 18.3 Å². The van der Waals surface area contributed by atoms with E-state index in [2.05, 4.69) is 23.3 Å². The molecule has 1 atom stereocenters. The Kier molecular flexibility index (Phi) is 4.88. The molecular formula is C12H22N2. The van der Waals surface area contributed by atoms with Gasteiger partial charge in [-0.2, -0.15) is 0 Å². The van der Waals surface area contributed by atoms with E-state index in [9.17, 15) is 0 Å². The number of allylic oxidation sites excluding steroid dienone is 1. The molecule has 2 nitrogen and oxygen atoms in total. The van der Waals surface area contributed by atoms with Crippen molar-refractivity contribution >= 4 is 5.71 Å². The van der Waals surface area contributed by atoms with Crippen LogP contribution >= 0.6 is 0 Å². The average molecular weight is 194 g/mol. The van der Waals surface area contributed by atoms with Gasteiger partial charge in [-0.1, -0.05) is 12.5 Å². The first-order chi connectivity index (χ1) is 6.68. The molecule has 1 heterocycles. The Morgan fingerprint density at radius 1 is 1.36 bits per heavy atom. The minimum atomic E-state index is 0.686. The lowest BCUT2D eigenvalue weighted by Crippen LogP contribution is -2.33. The van der Waals surface area contributed by atoms with Gasteiger partial charge < -0.3 is 5.32 Å². The summed E-state index contributed by atoms with van der Waals surface area (Å²) in [4.78, 5) is 4.41. The van der Waals surface area contributed by atoms with Crippen molar-refractivity contribution in [3.63, 3.8) is 0 Å². The first kappa shape index (κ1) is 11.4. The molecule has 0 bridgehead atoms. The van der Waals surface area contributed by atoms with Crippen molar-refractivity contribution < 1.29 is 0 Å². The fourth-order valence-corrected chi connectivity index (χ4v) is 1.84. The molecule has 80 valence electrons. The third kappa shape index (κ3) is 4.56. The highest BCUT2D eigenvalue weighted by Crippen LogP contribution is 2.11. The van der Waals surface area contributed by atoms with E-state index < -0.39 is 0 Å². The molecule has 0 amide bonds. The van der Waals surface area contributed by atoms with Gasteiger partial charge in [0.05, 0.1) is 0 Å². The monoisotopic (exact) mass is 194 g/mol. The van der Waals surface area contributed by atoms with Crippen LogP contribution in [0.2, 0.25) is 0 Å². The van der Waals surface area contributed by atoms with Crippen LogP contribution in [0.25, 0.3) is 0 Å². The predicted octanol–water partition coefficient (Wildman–Crippen LogP) is 2.90. The second kappa shape index (κ2) is 5.97. The number of hydrogen-bond acceptors (Lipinski definition) is 2. The van der Waals surface area contributed by atoms with Crippen molar-refractivity contribution in [2.24, 2.45) is 4.99 Å². The van der Waals surface area contributed by atoms with Crippen LogP contribution in [0.4, 0.5) is 0 Å². The van der Waals surface area contributed by atoms with Crippen molar-refractivity contribution in [2.75, 3.05) is 6.54 Å². The van der Waals surface area contributed by atoms with Crippen LogP contribution in [0, 0.1) is 0 Å². The van der Waals surface area contributed by atoms with E-state index in [0.717, 1.165) is 17.8 Å². The molecule has 0 saturated carbocycles. The highest BCUT2D eigenvalue weighted by atomic mass is 14.9. The van der Waals surface area contributed by atoms with Gasteiger partial charge in [-0.25, -0.2) is 0 Å². The van der Waals surface area contributed by atoms with Gasteiger partial charge in [-0.15, -0.1) is 0 Å². The van der Waals surface area contributed by atoms with Gasteiger partial charge in [-0.05, 0) is 46.6 Å². The summed E-state index contributed by atoms with van der Waals surface area (Å²) in [5.74, 6) is 0. The summed E-state index contributed by atoms with van der Waals surface area (Å²) in [7, 11) is 0. The minimum Gasteiger partial charge on any atom is -0.314 e. The predicted molar refractivity (Wildman–Crippen MR) is 62.8 cm³/mol. The van der Waals surface area contributed by atoms with Gasteiger partial charge in [0.1, 0.15) is 0 Å². The second-order valence-corrected chi connectivity index (χ2v) is 4.29. The van der Waals surface area contributed by atoms with Gasteiger partial charge >= 0.3 is 0 Å². The Balaban J connectivity index is 2.33. The lowest BCUT2D eigenvalue weighted by atomic mass is 10.0. The Labute approximate surface area is 87.5 Å². The first-order valence-corrected chi connectivity index (χ1v) is 5.60. The number of nitrogens with zero attached hydrogens (tertiary/aromatic N) is 1. The van der Waals surface area contributed by atoms with E-state index in [4.69, 9.17) is 0 Å². The highest BCUT2D eigenvalue weighted by molar-refractivity contribution is 5.80. The Bertz CT molecular complexity index is 218. The third-order valence-corrected chi connectivity index (χ3v) is 2.51. The van der Waals surface area contributed by atoms with Crippen molar-refractivity contribution in [3.8, 4) is 0 Å². The van der Waals surface area contributed by atoms with E-state index in [0.29, 0.717) is 6.04 Å². The normalized spacial score (nSPS) is 23.4. The Morgan fingerprint density at radius 2 is 2.14 bits per heavy atom. The largest absolute Gasteiger partial charge is 0.314 e. The molecule has 0 aliphatic carbocycles. The van der Waals surface area contributed by atoms with E-state index in [-0.39, 0.29) is 0 Å². The standard InChI is InChI=1S/C12H22N2/c1-10(2)14-11(3)7-8-12-6-4-5-9-13-12/h7,12-13H,4-6,8-9H2,1-3H3/b11-7+. The Morgan fingerprint density at radius 3 is 2.71 bits per heavy atom. The molecule has 1 unspecified atom stereocenters. The molecule has 0 aromatic rings. The maximum atomic E-state index is 4.41. The number of piperidine rings is 1. The maximum absolute atomic E-state index is 4.41. The lowest BCUT2D eigenvalue weighted by molar-refractivity contribution is 0.403. The van der Waals surface area contributed by atoms with Gasteiger partial charge in [0.2, 0.25) is 0 Å². The summed E-state index contributed by atoms with van der Waals surface area (Å²) in [5, 5.41) is 3.53. The summed E-state index contributed by atoms with van der Waals surface area (Å²) in [6.07, 6.45) is 7.41. The second-order valence-electron chi connectivity index (χ2n) is 4.29.